The second kappa shape index (κ2) is 2.70. The monoisotopic (exact) mass is 190 g/mol. The molecule has 0 amide bonds. The Hall–Kier alpha value is -1.58. The first-order valence-electron chi connectivity index (χ1n) is 4.59. The van der Waals surface area contributed by atoms with Gasteiger partial charge in [-0.3, -0.25) is 0 Å². The summed E-state index contributed by atoms with van der Waals surface area (Å²) in [6.45, 7) is 6.20. The topological polar surface area (TPSA) is 67.6 Å². The van der Waals surface area contributed by atoms with Gasteiger partial charge in [0.2, 0.25) is 0 Å². The molecule has 0 bridgehead atoms. The van der Waals surface area contributed by atoms with Crippen LogP contribution in [-0.2, 0) is 5.41 Å². The van der Waals surface area contributed by atoms with Gasteiger partial charge in [-0.25, -0.2) is 9.97 Å². The highest BCUT2D eigenvalue weighted by atomic mass is 15.0. The lowest BCUT2D eigenvalue weighted by molar-refractivity contribution is 0.549. The molecule has 0 aromatic carbocycles. The molecule has 0 radical (unpaired) electrons. The fraction of sp³-hybridized carbons (Fsp3) is 0.400. The standard InChI is InChI=1S/C10H14N4/c1-10(2,3)9-13-7(11)6-4-5-12-8(6)14-9/h4-5H,1-3H3,(H3,11,12,13,14). The van der Waals surface area contributed by atoms with Gasteiger partial charge in [-0.15, -0.1) is 0 Å². The number of nitrogens with zero attached hydrogens (tertiary/aromatic N) is 2. The first-order chi connectivity index (χ1) is 6.48. The maximum absolute atomic E-state index is 5.83. The first kappa shape index (κ1) is 8.99. The molecular formula is C10H14N4. The summed E-state index contributed by atoms with van der Waals surface area (Å²) in [6, 6.07) is 1.89. The molecule has 0 atom stereocenters. The minimum absolute atomic E-state index is 0.0760. The molecule has 0 unspecified atom stereocenters. The zero-order chi connectivity index (χ0) is 10.3. The van der Waals surface area contributed by atoms with E-state index in [1.54, 1.807) is 0 Å². The summed E-state index contributed by atoms with van der Waals surface area (Å²) in [4.78, 5) is 11.8. The highest BCUT2D eigenvalue weighted by molar-refractivity contribution is 5.85. The fourth-order valence-corrected chi connectivity index (χ4v) is 1.30. The molecule has 2 heterocycles. The Balaban J connectivity index is 2.70. The van der Waals surface area contributed by atoms with Gasteiger partial charge >= 0.3 is 0 Å². The predicted molar refractivity (Wildman–Crippen MR) is 57.0 cm³/mol. The molecule has 4 nitrogen and oxygen atoms in total. The summed E-state index contributed by atoms with van der Waals surface area (Å²) in [6.07, 6.45) is 1.82. The van der Waals surface area contributed by atoms with Crippen LogP contribution >= 0.6 is 0 Å². The van der Waals surface area contributed by atoms with E-state index < -0.39 is 0 Å². The van der Waals surface area contributed by atoms with E-state index in [4.69, 9.17) is 5.73 Å². The molecule has 0 aliphatic heterocycles. The van der Waals surface area contributed by atoms with E-state index in [1.165, 1.54) is 0 Å². The maximum atomic E-state index is 5.83. The van der Waals surface area contributed by atoms with Crippen LogP contribution in [0.25, 0.3) is 11.0 Å². The van der Waals surface area contributed by atoms with Crippen LogP contribution in [-0.4, -0.2) is 15.0 Å². The minimum atomic E-state index is -0.0760. The molecule has 2 aromatic rings. The third kappa shape index (κ3) is 1.32. The second-order valence-electron chi connectivity index (χ2n) is 4.42. The maximum Gasteiger partial charge on any atom is 0.143 e. The van der Waals surface area contributed by atoms with Crippen molar-refractivity contribution in [1.82, 2.24) is 15.0 Å². The van der Waals surface area contributed by atoms with Crippen LogP contribution in [0.2, 0.25) is 0 Å². The van der Waals surface area contributed by atoms with Crippen LogP contribution in [0.15, 0.2) is 12.3 Å². The molecule has 0 aliphatic rings. The quantitative estimate of drug-likeness (QED) is 0.666. The number of aromatic nitrogens is 3. The number of aromatic amines is 1. The number of rotatable bonds is 0. The van der Waals surface area contributed by atoms with Gasteiger partial charge in [-0.2, -0.15) is 0 Å². The Bertz CT molecular complexity index is 464. The van der Waals surface area contributed by atoms with Gasteiger partial charge < -0.3 is 10.7 Å². The van der Waals surface area contributed by atoms with Crippen molar-refractivity contribution in [3.8, 4) is 0 Å². The third-order valence-corrected chi connectivity index (χ3v) is 2.12. The van der Waals surface area contributed by atoms with E-state index in [9.17, 15) is 0 Å². The van der Waals surface area contributed by atoms with Crippen molar-refractivity contribution in [2.75, 3.05) is 5.73 Å². The van der Waals surface area contributed by atoms with Crippen LogP contribution < -0.4 is 5.73 Å². The largest absolute Gasteiger partial charge is 0.383 e. The van der Waals surface area contributed by atoms with Crippen molar-refractivity contribution < 1.29 is 0 Å². The molecule has 14 heavy (non-hydrogen) atoms. The number of hydrogen-bond acceptors (Lipinski definition) is 3. The lowest BCUT2D eigenvalue weighted by Gasteiger charge is -2.16. The predicted octanol–water partition coefficient (Wildman–Crippen LogP) is 1.84. The summed E-state index contributed by atoms with van der Waals surface area (Å²) in [7, 11) is 0. The molecule has 0 fully saturated rings. The average molecular weight is 190 g/mol. The summed E-state index contributed by atoms with van der Waals surface area (Å²) < 4.78 is 0. The van der Waals surface area contributed by atoms with Crippen LogP contribution in [0.4, 0.5) is 5.82 Å². The number of nitrogens with two attached hydrogens (primary N) is 1. The molecule has 0 saturated carbocycles. The van der Waals surface area contributed by atoms with E-state index >= 15 is 0 Å². The molecule has 74 valence electrons. The lowest BCUT2D eigenvalue weighted by atomic mass is 9.96. The number of hydrogen-bond donors (Lipinski definition) is 2. The van der Waals surface area contributed by atoms with Crippen molar-refractivity contribution in [3.63, 3.8) is 0 Å². The number of nitrogen functional groups attached to an aromatic ring is 1. The van der Waals surface area contributed by atoms with Gasteiger partial charge in [0.15, 0.2) is 0 Å². The van der Waals surface area contributed by atoms with E-state index in [0.29, 0.717) is 5.82 Å². The molecule has 4 heteroatoms. The van der Waals surface area contributed by atoms with Crippen molar-refractivity contribution in [2.24, 2.45) is 0 Å². The molecule has 0 spiro atoms. The van der Waals surface area contributed by atoms with Gasteiger partial charge in [0.05, 0.1) is 5.39 Å². The van der Waals surface area contributed by atoms with Gasteiger partial charge in [-0.1, -0.05) is 20.8 Å². The van der Waals surface area contributed by atoms with Crippen molar-refractivity contribution in [1.29, 1.82) is 0 Å². The average Bonchev–Trinajstić information content (AvgIpc) is 2.50. The minimum Gasteiger partial charge on any atom is -0.383 e. The zero-order valence-corrected chi connectivity index (χ0v) is 8.63. The van der Waals surface area contributed by atoms with E-state index in [0.717, 1.165) is 16.9 Å². The van der Waals surface area contributed by atoms with E-state index in [1.807, 2.05) is 12.3 Å². The van der Waals surface area contributed by atoms with Crippen molar-refractivity contribution in [2.45, 2.75) is 26.2 Å². The highest BCUT2D eigenvalue weighted by Crippen LogP contribution is 2.23. The van der Waals surface area contributed by atoms with Crippen LogP contribution in [0.1, 0.15) is 26.6 Å². The summed E-state index contributed by atoms with van der Waals surface area (Å²) in [5, 5.41) is 0.887. The van der Waals surface area contributed by atoms with Crippen LogP contribution in [0.5, 0.6) is 0 Å². The molecule has 2 rings (SSSR count). The summed E-state index contributed by atoms with van der Waals surface area (Å²) >= 11 is 0. The van der Waals surface area contributed by atoms with Gasteiger partial charge in [0.1, 0.15) is 17.3 Å². The zero-order valence-electron chi connectivity index (χ0n) is 8.63. The molecule has 3 N–H and O–H groups in total. The Morgan fingerprint density at radius 1 is 1.29 bits per heavy atom. The van der Waals surface area contributed by atoms with E-state index in [-0.39, 0.29) is 5.41 Å². The van der Waals surface area contributed by atoms with Crippen LogP contribution in [0, 0.1) is 0 Å². The molecular weight excluding hydrogens is 176 g/mol. The normalized spacial score (nSPS) is 12.2. The van der Waals surface area contributed by atoms with Crippen molar-refractivity contribution >= 4 is 16.9 Å². The Kier molecular flexibility index (Phi) is 1.74. The third-order valence-electron chi connectivity index (χ3n) is 2.12. The summed E-state index contributed by atoms with van der Waals surface area (Å²) in [5.41, 5.74) is 6.56. The van der Waals surface area contributed by atoms with Gasteiger partial charge in [0.25, 0.3) is 0 Å². The Morgan fingerprint density at radius 3 is 2.64 bits per heavy atom. The highest BCUT2D eigenvalue weighted by Gasteiger charge is 2.19. The molecule has 2 aromatic heterocycles. The number of anilines is 1. The van der Waals surface area contributed by atoms with Gasteiger partial charge in [-0.05, 0) is 6.07 Å². The number of nitrogens with one attached hydrogen (secondary N) is 1. The lowest BCUT2D eigenvalue weighted by Crippen LogP contribution is -2.17. The SMILES string of the molecule is CC(C)(C)c1nc(N)c2cc[nH]c2n1. The van der Waals surface area contributed by atoms with Crippen LogP contribution in [0.3, 0.4) is 0 Å². The molecule has 0 saturated heterocycles. The van der Waals surface area contributed by atoms with E-state index in [2.05, 4.69) is 35.7 Å². The van der Waals surface area contributed by atoms with Gasteiger partial charge in [0, 0.05) is 11.6 Å². The second-order valence-corrected chi connectivity index (χ2v) is 4.42. The summed E-state index contributed by atoms with van der Waals surface area (Å²) in [5.74, 6) is 1.31. The fourth-order valence-electron chi connectivity index (χ4n) is 1.30. The smallest absolute Gasteiger partial charge is 0.143 e. The Morgan fingerprint density at radius 2 is 2.00 bits per heavy atom. The molecule has 0 aliphatic carbocycles. The Labute approximate surface area is 82.6 Å². The number of fused-ring (bicyclic) bond motifs is 1. The first-order valence-corrected chi connectivity index (χ1v) is 4.59. The number of H-pyrrole nitrogens is 1. The van der Waals surface area contributed by atoms with Crippen molar-refractivity contribution in [3.05, 3.63) is 18.1 Å².